The first kappa shape index (κ1) is 20.3. The minimum atomic E-state index is -0.358. The third-order valence-electron chi connectivity index (χ3n) is 5.58. The molecule has 1 aliphatic heterocycles. The molecule has 1 fully saturated rings. The standard InChI is InChI=1S/C22H18ClFN6O2/c1-13-15(4-2-5-17(13)24)21-27-20(28-32-21)18-6-3-11-29(18)22(31)16-8-7-14(23)12-19(16)30-25-9-10-26-30/h2,4-5,7-10,12,18H,3,6,11H2,1H3. The van der Waals surface area contributed by atoms with Crippen molar-refractivity contribution >= 4 is 17.5 Å². The third-order valence-corrected chi connectivity index (χ3v) is 5.81. The lowest BCUT2D eigenvalue weighted by Gasteiger charge is -2.23. The Balaban J connectivity index is 1.47. The largest absolute Gasteiger partial charge is 0.334 e. The van der Waals surface area contributed by atoms with Gasteiger partial charge in [0.2, 0.25) is 0 Å². The van der Waals surface area contributed by atoms with Gasteiger partial charge >= 0.3 is 0 Å². The van der Waals surface area contributed by atoms with E-state index in [1.807, 2.05) is 0 Å². The highest BCUT2D eigenvalue weighted by Crippen LogP contribution is 2.34. The first-order valence-corrected chi connectivity index (χ1v) is 10.5. The summed E-state index contributed by atoms with van der Waals surface area (Å²) < 4.78 is 19.4. The number of aromatic nitrogens is 5. The van der Waals surface area contributed by atoms with Gasteiger partial charge in [-0.15, -0.1) is 0 Å². The Morgan fingerprint density at radius 1 is 1.22 bits per heavy atom. The van der Waals surface area contributed by atoms with Crippen molar-refractivity contribution in [1.29, 1.82) is 0 Å². The first-order valence-electron chi connectivity index (χ1n) is 10.1. The minimum Gasteiger partial charge on any atom is -0.334 e. The number of likely N-dealkylation sites (tertiary alicyclic amines) is 1. The summed E-state index contributed by atoms with van der Waals surface area (Å²) >= 11 is 6.15. The smallest absolute Gasteiger partial charge is 0.258 e. The fourth-order valence-corrected chi connectivity index (χ4v) is 4.11. The molecule has 1 amide bonds. The van der Waals surface area contributed by atoms with Gasteiger partial charge in [0.15, 0.2) is 5.82 Å². The van der Waals surface area contributed by atoms with E-state index >= 15 is 0 Å². The van der Waals surface area contributed by atoms with Crippen LogP contribution in [0.3, 0.4) is 0 Å². The number of benzene rings is 2. The van der Waals surface area contributed by atoms with Crippen LogP contribution in [-0.4, -0.2) is 42.5 Å². The maximum Gasteiger partial charge on any atom is 0.258 e. The van der Waals surface area contributed by atoms with E-state index in [-0.39, 0.29) is 23.7 Å². The normalized spacial score (nSPS) is 16.0. The molecule has 0 radical (unpaired) electrons. The number of nitrogens with zero attached hydrogens (tertiary/aromatic N) is 6. The summed E-state index contributed by atoms with van der Waals surface area (Å²) in [5.74, 6) is 0.0682. The molecular weight excluding hydrogens is 435 g/mol. The molecule has 3 heterocycles. The van der Waals surface area contributed by atoms with Gasteiger partial charge in [-0.1, -0.05) is 22.8 Å². The number of halogens is 2. The topological polar surface area (TPSA) is 89.9 Å². The summed E-state index contributed by atoms with van der Waals surface area (Å²) in [6.07, 6.45) is 4.55. The number of amides is 1. The number of carbonyl (C=O) groups excluding carboxylic acids is 1. The Morgan fingerprint density at radius 3 is 2.84 bits per heavy atom. The monoisotopic (exact) mass is 452 g/mol. The molecule has 10 heteroatoms. The highest BCUT2D eigenvalue weighted by molar-refractivity contribution is 6.31. The Morgan fingerprint density at radius 2 is 2.03 bits per heavy atom. The second-order valence-corrected chi connectivity index (χ2v) is 7.94. The molecule has 2 aromatic carbocycles. The van der Waals surface area contributed by atoms with Gasteiger partial charge in [-0.25, -0.2) is 4.39 Å². The highest BCUT2D eigenvalue weighted by atomic mass is 35.5. The van der Waals surface area contributed by atoms with Gasteiger partial charge in [0, 0.05) is 17.1 Å². The SMILES string of the molecule is Cc1c(F)cccc1-c1nc(C2CCCN2C(=O)c2ccc(Cl)cc2-n2nccn2)no1. The number of rotatable bonds is 4. The maximum absolute atomic E-state index is 13.9. The summed E-state index contributed by atoms with van der Waals surface area (Å²) in [4.78, 5) is 21.1. The zero-order valence-electron chi connectivity index (χ0n) is 17.1. The fourth-order valence-electron chi connectivity index (χ4n) is 3.94. The average molecular weight is 453 g/mol. The minimum absolute atomic E-state index is 0.204. The van der Waals surface area contributed by atoms with E-state index in [1.165, 1.54) is 23.3 Å². The van der Waals surface area contributed by atoms with Gasteiger partial charge in [-0.3, -0.25) is 4.79 Å². The number of hydrogen-bond donors (Lipinski definition) is 0. The van der Waals surface area contributed by atoms with E-state index in [1.54, 1.807) is 42.2 Å². The van der Waals surface area contributed by atoms with Crippen LogP contribution in [0.4, 0.5) is 4.39 Å². The van der Waals surface area contributed by atoms with E-state index in [0.29, 0.717) is 46.2 Å². The number of carbonyl (C=O) groups is 1. The zero-order valence-corrected chi connectivity index (χ0v) is 17.8. The summed E-state index contributed by atoms with van der Waals surface area (Å²) in [5, 5.41) is 12.8. The van der Waals surface area contributed by atoms with Crippen LogP contribution in [0.5, 0.6) is 0 Å². The molecule has 2 aromatic heterocycles. The molecule has 32 heavy (non-hydrogen) atoms. The van der Waals surface area contributed by atoms with E-state index in [2.05, 4.69) is 20.3 Å². The quantitative estimate of drug-likeness (QED) is 0.456. The fraction of sp³-hybridized carbons (Fsp3) is 0.227. The van der Waals surface area contributed by atoms with E-state index in [9.17, 15) is 9.18 Å². The molecule has 0 aliphatic carbocycles. The van der Waals surface area contributed by atoms with Gasteiger partial charge in [0.05, 0.1) is 29.7 Å². The van der Waals surface area contributed by atoms with Gasteiger partial charge in [-0.05, 0) is 55.7 Å². The molecular formula is C22H18ClFN6O2. The van der Waals surface area contributed by atoms with Crippen LogP contribution in [0.25, 0.3) is 17.1 Å². The summed E-state index contributed by atoms with van der Waals surface area (Å²) in [6, 6.07) is 9.32. The molecule has 0 saturated carbocycles. The molecule has 0 bridgehead atoms. The van der Waals surface area contributed by atoms with Crippen molar-refractivity contribution in [2.75, 3.05) is 6.54 Å². The maximum atomic E-state index is 13.9. The van der Waals surface area contributed by atoms with Crippen molar-refractivity contribution in [3.05, 3.63) is 76.6 Å². The molecule has 5 rings (SSSR count). The van der Waals surface area contributed by atoms with Crippen LogP contribution in [0.2, 0.25) is 5.02 Å². The lowest BCUT2D eigenvalue weighted by Crippen LogP contribution is -2.32. The predicted octanol–water partition coefficient (Wildman–Crippen LogP) is 4.40. The molecule has 1 unspecified atom stereocenters. The predicted molar refractivity (Wildman–Crippen MR) is 114 cm³/mol. The lowest BCUT2D eigenvalue weighted by molar-refractivity contribution is 0.0728. The molecule has 0 spiro atoms. The van der Waals surface area contributed by atoms with Crippen molar-refractivity contribution in [1.82, 2.24) is 30.0 Å². The van der Waals surface area contributed by atoms with Crippen LogP contribution in [0.15, 0.2) is 53.3 Å². The van der Waals surface area contributed by atoms with Crippen molar-refractivity contribution in [2.45, 2.75) is 25.8 Å². The number of hydrogen-bond acceptors (Lipinski definition) is 6. The van der Waals surface area contributed by atoms with Crippen LogP contribution in [0, 0.1) is 12.7 Å². The Kier molecular flexibility index (Phi) is 5.18. The van der Waals surface area contributed by atoms with Gasteiger partial charge in [0.25, 0.3) is 11.8 Å². The van der Waals surface area contributed by atoms with Crippen LogP contribution in [0.1, 0.15) is 40.6 Å². The molecule has 162 valence electrons. The highest BCUT2D eigenvalue weighted by Gasteiger charge is 2.35. The second-order valence-electron chi connectivity index (χ2n) is 7.51. The van der Waals surface area contributed by atoms with Crippen molar-refractivity contribution in [3.63, 3.8) is 0 Å². The lowest BCUT2D eigenvalue weighted by atomic mass is 10.1. The molecule has 0 N–H and O–H groups in total. The van der Waals surface area contributed by atoms with Crippen molar-refractivity contribution in [2.24, 2.45) is 0 Å². The summed E-state index contributed by atoms with van der Waals surface area (Å²) in [6.45, 7) is 2.20. The third kappa shape index (κ3) is 3.54. The second kappa shape index (κ2) is 8.16. The summed E-state index contributed by atoms with van der Waals surface area (Å²) in [5.41, 5.74) is 1.87. The molecule has 1 aliphatic rings. The first-order chi connectivity index (χ1) is 15.5. The summed E-state index contributed by atoms with van der Waals surface area (Å²) in [7, 11) is 0. The van der Waals surface area contributed by atoms with Crippen LogP contribution >= 0.6 is 11.6 Å². The molecule has 4 aromatic rings. The molecule has 1 saturated heterocycles. The Hall–Kier alpha value is -3.59. The van der Waals surface area contributed by atoms with E-state index in [0.717, 1.165) is 6.42 Å². The van der Waals surface area contributed by atoms with Gasteiger partial charge < -0.3 is 9.42 Å². The molecule has 1 atom stereocenters. The van der Waals surface area contributed by atoms with Gasteiger partial charge in [-0.2, -0.15) is 20.0 Å². The van der Waals surface area contributed by atoms with Crippen LogP contribution in [-0.2, 0) is 0 Å². The molecule has 8 nitrogen and oxygen atoms in total. The zero-order chi connectivity index (χ0) is 22.2. The van der Waals surface area contributed by atoms with E-state index in [4.69, 9.17) is 16.1 Å². The van der Waals surface area contributed by atoms with Gasteiger partial charge in [0.1, 0.15) is 5.82 Å². The Labute approximate surface area is 187 Å². The van der Waals surface area contributed by atoms with E-state index < -0.39 is 0 Å². The van der Waals surface area contributed by atoms with Crippen molar-refractivity contribution < 1.29 is 13.7 Å². The Bertz CT molecular complexity index is 1290. The van der Waals surface area contributed by atoms with Crippen LogP contribution < -0.4 is 0 Å². The van der Waals surface area contributed by atoms with Crippen molar-refractivity contribution in [3.8, 4) is 17.1 Å². The average Bonchev–Trinajstić information content (AvgIpc) is 3.55.